The number of benzene rings is 3. The molecule has 1 aliphatic heterocycles. The minimum atomic E-state index is -2.71. The van der Waals surface area contributed by atoms with Crippen LogP contribution >= 0.6 is 0 Å². The monoisotopic (exact) mass is 625 g/mol. The van der Waals surface area contributed by atoms with Crippen LogP contribution in [0.25, 0.3) is 33.2 Å². The van der Waals surface area contributed by atoms with Crippen LogP contribution < -0.4 is 11.1 Å². The van der Waals surface area contributed by atoms with Gasteiger partial charge in [-0.1, -0.05) is 30.3 Å². The number of fused-ring (bicyclic) bond motifs is 1. The predicted molar refractivity (Wildman–Crippen MR) is 173 cm³/mol. The number of amides is 2. The maximum atomic E-state index is 13.6. The Morgan fingerprint density at radius 3 is 2.28 bits per heavy atom. The average molecular weight is 626 g/mol. The third-order valence-corrected chi connectivity index (χ3v) is 8.42. The van der Waals surface area contributed by atoms with E-state index in [4.69, 9.17) is 5.73 Å². The van der Waals surface area contributed by atoms with E-state index in [9.17, 15) is 22.8 Å². The van der Waals surface area contributed by atoms with Gasteiger partial charge in [-0.3, -0.25) is 9.59 Å². The number of H-pyrrole nitrogens is 1. The first-order valence-electron chi connectivity index (χ1n) is 15.3. The predicted octanol–water partition coefficient (Wildman–Crippen LogP) is 7.30. The molecule has 7 rings (SSSR count). The number of carbonyl (C=O) groups excluding carboxylic acids is 2. The number of piperidine rings is 1. The maximum absolute atomic E-state index is 13.6. The standard InChI is InChI=1S/C28H24F3N3O2.C8H10N2/c29-23-7-5-19(6-8-23)25-15-21(13-22-14-24(16-32-17-35)33-26(22)25)18-1-3-20(4-2-18)27(36)34-11-9-28(30,31)10-12-34;9-8-4-3-7(5-10-8)6-1-2-6/h1-8,13-15,17,33H,9-12,16H2,(H,32,35);3-6H,1-2H2,(H2,9,10). The van der Waals surface area contributed by atoms with Gasteiger partial charge in [-0.15, -0.1) is 0 Å². The molecular formula is C36H34F3N5O2. The third-order valence-electron chi connectivity index (χ3n) is 8.42. The number of anilines is 1. The van der Waals surface area contributed by atoms with E-state index in [0.29, 0.717) is 24.3 Å². The van der Waals surface area contributed by atoms with Crippen LogP contribution in [0.5, 0.6) is 0 Å². The number of pyridine rings is 1. The molecule has 3 heterocycles. The smallest absolute Gasteiger partial charge is 0.253 e. The van der Waals surface area contributed by atoms with Gasteiger partial charge in [0.1, 0.15) is 11.6 Å². The molecule has 2 fully saturated rings. The molecule has 5 aromatic rings. The summed E-state index contributed by atoms with van der Waals surface area (Å²) < 4.78 is 40.5. The second-order valence-corrected chi connectivity index (χ2v) is 11.8. The summed E-state index contributed by atoms with van der Waals surface area (Å²) in [5.41, 5.74) is 12.4. The van der Waals surface area contributed by atoms with Crippen molar-refractivity contribution in [1.82, 2.24) is 20.2 Å². The summed E-state index contributed by atoms with van der Waals surface area (Å²) in [5.74, 6) is -1.88. The normalized spacial score (nSPS) is 15.6. The van der Waals surface area contributed by atoms with Crippen LogP contribution in [0.1, 0.15) is 53.2 Å². The molecule has 3 aromatic carbocycles. The zero-order valence-electron chi connectivity index (χ0n) is 25.1. The van der Waals surface area contributed by atoms with Gasteiger partial charge >= 0.3 is 0 Å². The van der Waals surface area contributed by atoms with Crippen molar-refractivity contribution < 1.29 is 22.8 Å². The van der Waals surface area contributed by atoms with Crippen LogP contribution in [0.3, 0.4) is 0 Å². The van der Waals surface area contributed by atoms with Gasteiger partial charge in [0.15, 0.2) is 0 Å². The second kappa shape index (κ2) is 13.1. The molecule has 4 N–H and O–H groups in total. The van der Waals surface area contributed by atoms with E-state index in [0.717, 1.165) is 44.8 Å². The Labute approximate surface area is 264 Å². The molecule has 0 spiro atoms. The number of aromatic nitrogens is 2. The van der Waals surface area contributed by atoms with Gasteiger partial charge in [-0.05, 0) is 89.5 Å². The van der Waals surface area contributed by atoms with Crippen molar-refractivity contribution in [2.45, 2.75) is 44.1 Å². The molecule has 236 valence electrons. The highest BCUT2D eigenvalue weighted by Crippen LogP contribution is 2.39. The SMILES string of the molecule is Nc1ccc(C2CC2)cn1.O=CNCc1cc2cc(-c3ccc(C(=O)N4CCC(F)(F)CC4)cc3)cc(-c3ccc(F)cc3)c2[nH]1. The van der Waals surface area contributed by atoms with Crippen LogP contribution in [-0.4, -0.2) is 46.2 Å². The van der Waals surface area contributed by atoms with Crippen LogP contribution in [0.2, 0.25) is 0 Å². The number of nitrogens with zero attached hydrogens (tertiary/aromatic N) is 2. The molecule has 1 aliphatic carbocycles. The number of aromatic amines is 1. The Morgan fingerprint density at radius 2 is 1.65 bits per heavy atom. The number of rotatable bonds is 7. The summed E-state index contributed by atoms with van der Waals surface area (Å²) in [4.78, 5) is 32.4. The molecule has 2 amide bonds. The second-order valence-electron chi connectivity index (χ2n) is 11.8. The summed E-state index contributed by atoms with van der Waals surface area (Å²) >= 11 is 0. The average Bonchev–Trinajstić information content (AvgIpc) is 3.83. The van der Waals surface area contributed by atoms with Gasteiger partial charge in [0.05, 0.1) is 12.1 Å². The zero-order valence-corrected chi connectivity index (χ0v) is 25.1. The number of hydrogen-bond acceptors (Lipinski definition) is 4. The molecule has 1 saturated heterocycles. The lowest BCUT2D eigenvalue weighted by molar-refractivity contribution is -0.109. The van der Waals surface area contributed by atoms with Gasteiger partial charge in [-0.25, -0.2) is 18.2 Å². The first-order chi connectivity index (χ1) is 22.2. The van der Waals surface area contributed by atoms with Crippen molar-refractivity contribution in [3.8, 4) is 22.3 Å². The minimum Gasteiger partial charge on any atom is -0.384 e. The lowest BCUT2D eigenvalue weighted by atomic mass is 9.95. The van der Waals surface area contributed by atoms with Crippen LogP contribution in [0, 0.1) is 5.82 Å². The topological polar surface area (TPSA) is 104 Å². The first-order valence-corrected chi connectivity index (χ1v) is 15.3. The molecule has 0 bridgehead atoms. The molecular weight excluding hydrogens is 591 g/mol. The molecule has 2 aromatic heterocycles. The first kappa shape index (κ1) is 30.9. The van der Waals surface area contributed by atoms with Crippen molar-refractivity contribution in [1.29, 1.82) is 0 Å². The van der Waals surface area contributed by atoms with Crippen LogP contribution in [0.4, 0.5) is 19.0 Å². The van der Waals surface area contributed by atoms with E-state index in [1.54, 1.807) is 24.3 Å². The van der Waals surface area contributed by atoms with Gasteiger partial charge in [0, 0.05) is 54.3 Å². The van der Waals surface area contributed by atoms with Gasteiger partial charge in [0.25, 0.3) is 11.8 Å². The Kier molecular flexibility index (Phi) is 8.78. The summed E-state index contributed by atoms with van der Waals surface area (Å²) in [6, 6.07) is 23.2. The van der Waals surface area contributed by atoms with E-state index in [1.807, 2.05) is 42.6 Å². The van der Waals surface area contributed by atoms with Crippen molar-refractivity contribution in [3.63, 3.8) is 0 Å². The van der Waals surface area contributed by atoms with Crippen LogP contribution in [-0.2, 0) is 11.3 Å². The fraction of sp³-hybridized carbons (Fsp3) is 0.250. The molecule has 10 heteroatoms. The van der Waals surface area contributed by atoms with E-state index in [-0.39, 0.29) is 37.7 Å². The highest BCUT2D eigenvalue weighted by atomic mass is 19.3. The zero-order chi connectivity index (χ0) is 32.3. The van der Waals surface area contributed by atoms with Crippen LogP contribution in [0.15, 0.2) is 85.1 Å². The van der Waals surface area contributed by atoms with Gasteiger partial charge < -0.3 is 20.9 Å². The number of nitrogens with one attached hydrogen (secondary N) is 2. The number of likely N-dealkylation sites (tertiary alicyclic amines) is 1. The molecule has 0 unspecified atom stereocenters. The van der Waals surface area contributed by atoms with Crippen molar-refractivity contribution in [3.05, 3.63) is 108 Å². The number of carbonyl (C=O) groups is 2. The van der Waals surface area contributed by atoms with Gasteiger partial charge in [-0.2, -0.15) is 0 Å². The summed E-state index contributed by atoms with van der Waals surface area (Å²) in [6.07, 6.45) is 4.54. The Hall–Kier alpha value is -5.12. The van der Waals surface area contributed by atoms with E-state index < -0.39 is 5.92 Å². The lowest BCUT2D eigenvalue weighted by Crippen LogP contribution is -2.42. The highest BCUT2D eigenvalue weighted by molar-refractivity contribution is 5.99. The Balaban J connectivity index is 0.000000314. The quantitative estimate of drug-likeness (QED) is 0.165. The van der Waals surface area contributed by atoms with Crippen molar-refractivity contribution in [2.24, 2.45) is 0 Å². The molecule has 0 radical (unpaired) electrons. The fourth-order valence-electron chi connectivity index (χ4n) is 5.67. The molecule has 7 nitrogen and oxygen atoms in total. The number of hydrogen-bond donors (Lipinski definition) is 3. The molecule has 46 heavy (non-hydrogen) atoms. The third kappa shape index (κ3) is 7.22. The number of halogens is 3. The van der Waals surface area contributed by atoms with Gasteiger partial charge in [0.2, 0.25) is 6.41 Å². The Bertz CT molecular complexity index is 1820. The van der Waals surface area contributed by atoms with Crippen molar-refractivity contribution in [2.75, 3.05) is 18.8 Å². The minimum absolute atomic E-state index is 0.0417. The lowest BCUT2D eigenvalue weighted by Gasteiger charge is -2.31. The highest BCUT2D eigenvalue weighted by Gasteiger charge is 2.35. The molecule has 0 atom stereocenters. The summed E-state index contributed by atoms with van der Waals surface area (Å²) in [7, 11) is 0. The van der Waals surface area contributed by atoms with E-state index in [1.165, 1.54) is 35.4 Å². The van der Waals surface area contributed by atoms with E-state index in [2.05, 4.69) is 21.4 Å². The largest absolute Gasteiger partial charge is 0.384 e. The number of nitrogens with two attached hydrogens (primary N) is 1. The molecule has 2 aliphatic rings. The number of nitrogen functional groups attached to an aromatic ring is 1. The Morgan fingerprint density at radius 1 is 0.957 bits per heavy atom. The van der Waals surface area contributed by atoms with E-state index >= 15 is 0 Å². The maximum Gasteiger partial charge on any atom is 0.253 e. The number of alkyl halides is 2. The summed E-state index contributed by atoms with van der Waals surface area (Å²) in [5, 5.41) is 3.57. The van der Waals surface area contributed by atoms with Crippen molar-refractivity contribution >= 4 is 29.0 Å². The fourth-order valence-corrected chi connectivity index (χ4v) is 5.67. The molecule has 1 saturated carbocycles. The summed E-state index contributed by atoms with van der Waals surface area (Å²) in [6.45, 7) is 0.426.